The van der Waals surface area contributed by atoms with Crippen LogP contribution in [-0.2, 0) is 0 Å². The first kappa shape index (κ1) is 14.8. The van der Waals surface area contributed by atoms with E-state index in [-0.39, 0.29) is 10.7 Å². The number of fused-ring (bicyclic) bond motifs is 1. The van der Waals surface area contributed by atoms with Crippen LogP contribution in [-0.4, -0.2) is 9.97 Å². The predicted octanol–water partition coefficient (Wildman–Crippen LogP) is 6.44. The smallest absolute Gasteiger partial charge is 0.163 e. The number of benzene rings is 1. The van der Waals surface area contributed by atoms with E-state index in [1.54, 1.807) is 6.07 Å². The molecule has 0 unspecified atom stereocenters. The standard InChI is InChI=1S/C12H3Br3ClFN2S/c13-5-1-2-6(17)9-8(5)11(16)19-12(18-9)4-3-7(14)20-10(4)15/h1-3H. The van der Waals surface area contributed by atoms with Crippen LogP contribution in [0, 0.1) is 5.82 Å². The molecule has 0 aliphatic rings. The lowest BCUT2D eigenvalue weighted by Crippen LogP contribution is -1.94. The van der Waals surface area contributed by atoms with Crippen molar-refractivity contribution in [2.75, 3.05) is 0 Å². The predicted molar refractivity (Wildman–Crippen MR) is 90.9 cm³/mol. The number of aromatic nitrogens is 2. The molecule has 2 heterocycles. The zero-order chi connectivity index (χ0) is 14.4. The zero-order valence-corrected chi connectivity index (χ0v) is 15.8. The Kier molecular flexibility index (Phi) is 4.16. The van der Waals surface area contributed by atoms with Crippen LogP contribution in [0.4, 0.5) is 4.39 Å². The van der Waals surface area contributed by atoms with Gasteiger partial charge in [-0.3, -0.25) is 0 Å². The molecule has 0 spiro atoms. The molecule has 0 radical (unpaired) electrons. The van der Waals surface area contributed by atoms with E-state index >= 15 is 0 Å². The van der Waals surface area contributed by atoms with Crippen LogP contribution >= 0.6 is 70.7 Å². The van der Waals surface area contributed by atoms with Crippen molar-refractivity contribution >= 4 is 81.6 Å². The summed E-state index contributed by atoms with van der Waals surface area (Å²) in [5.41, 5.74) is 0.966. The fraction of sp³-hybridized carbons (Fsp3) is 0. The minimum absolute atomic E-state index is 0.198. The largest absolute Gasteiger partial charge is 0.225 e. The molecular weight excluding hydrogens is 498 g/mol. The second kappa shape index (κ2) is 5.61. The van der Waals surface area contributed by atoms with Crippen LogP contribution in [0.3, 0.4) is 0 Å². The molecule has 2 nitrogen and oxygen atoms in total. The second-order valence-corrected chi connectivity index (χ2v) is 8.79. The Balaban J connectivity index is 2.35. The summed E-state index contributed by atoms with van der Waals surface area (Å²) >= 11 is 17.8. The Bertz CT molecular complexity index is 837. The second-order valence-electron chi connectivity index (χ2n) is 3.83. The van der Waals surface area contributed by atoms with Gasteiger partial charge in [-0.15, -0.1) is 11.3 Å². The monoisotopic (exact) mass is 498 g/mol. The van der Waals surface area contributed by atoms with Gasteiger partial charge in [-0.1, -0.05) is 11.6 Å². The van der Waals surface area contributed by atoms with Crippen LogP contribution in [0.15, 0.2) is 30.2 Å². The quantitative estimate of drug-likeness (QED) is 0.359. The normalized spacial score (nSPS) is 11.2. The third kappa shape index (κ3) is 2.54. The molecule has 0 aliphatic heterocycles. The van der Waals surface area contributed by atoms with Crippen LogP contribution in [0.1, 0.15) is 0 Å². The Hall–Kier alpha value is -0.0800. The minimum atomic E-state index is -0.431. The van der Waals surface area contributed by atoms with E-state index in [1.165, 1.54) is 17.4 Å². The molecule has 0 N–H and O–H groups in total. The van der Waals surface area contributed by atoms with E-state index < -0.39 is 5.82 Å². The van der Waals surface area contributed by atoms with Gasteiger partial charge >= 0.3 is 0 Å². The first-order valence-electron chi connectivity index (χ1n) is 5.24. The molecular formula is C12H3Br3ClFN2S. The van der Waals surface area contributed by atoms with E-state index in [9.17, 15) is 4.39 Å². The average molecular weight is 501 g/mol. The Morgan fingerprint density at radius 3 is 2.55 bits per heavy atom. The maximum atomic E-state index is 14.0. The Morgan fingerprint density at radius 1 is 1.15 bits per heavy atom. The molecule has 0 aliphatic carbocycles. The highest BCUT2D eigenvalue weighted by Gasteiger charge is 2.16. The van der Waals surface area contributed by atoms with Crippen molar-refractivity contribution in [3.8, 4) is 11.4 Å². The van der Waals surface area contributed by atoms with Gasteiger partial charge in [0.15, 0.2) is 5.82 Å². The molecule has 3 rings (SSSR count). The van der Waals surface area contributed by atoms with Crippen LogP contribution in [0.5, 0.6) is 0 Å². The van der Waals surface area contributed by atoms with Gasteiger partial charge in [-0.2, -0.15) is 0 Å². The van der Waals surface area contributed by atoms with Crippen molar-refractivity contribution < 1.29 is 4.39 Å². The number of thiophene rings is 1. The van der Waals surface area contributed by atoms with Crippen LogP contribution in [0.2, 0.25) is 5.15 Å². The molecule has 0 fully saturated rings. The first-order chi connectivity index (χ1) is 9.47. The fourth-order valence-electron chi connectivity index (χ4n) is 1.74. The maximum Gasteiger partial charge on any atom is 0.163 e. The highest BCUT2D eigenvalue weighted by molar-refractivity contribution is 9.12. The van der Waals surface area contributed by atoms with Crippen molar-refractivity contribution in [3.05, 3.63) is 41.2 Å². The minimum Gasteiger partial charge on any atom is -0.225 e. The Morgan fingerprint density at radius 2 is 1.90 bits per heavy atom. The van der Waals surface area contributed by atoms with Gasteiger partial charge in [0.1, 0.15) is 16.5 Å². The fourth-order valence-corrected chi connectivity index (χ4v) is 5.42. The summed E-state index contributed by atoms with van der Waals surface area (Å²) in [6, 6.07) is 4.80. The molecule has 102 valence electrons. The molecule has 0 atom stereocenters. The van der Waals surface area contributed by atoms with Gasteiger partial charge in [-0.25, -0.2) is 14.4 Å². The zero-order valence-electron chi connectivity index (χ0n) is 9.42. The summed E-state index contributed by atoms with van der Waals surface area (Å²) in [6.07, 6.45) is 0. The van der Waals surface area contributed by atoms with Crippen molar-refractivity contribution in [3.63, 3.8) is 0 Å². The van der Waals surface area contributed by atoms with E-state index in [2.05, 4.69) is 57.8 Å². The van der Waals surface area contributed by atoms with Gasteiger partial charge in [0, 0.05) is 10.0 Å². The van der Waals surface area contributed by atoms with Gasteiger partial charge in [-0.05, 0) is 66.0 Å². The molecule has 1 aromatic carbocycles. The third-order valence-corrected chi connectivity index (χ3v) is 5.88. The maximum absolute atomic E-state index is 14.0. The van der Waals surface area contributed by atoms with Gasteiger partial charge in [0.25, 0.3) is 0 Å². The summed E-state index contributed by atoms with van der Waals surface area (Å²) in [5, 5.41) is 0.687. The lowest BCUT2D eigenvalue weighted by Gasteiger charge is -2.06. The number of halogens is 5. The molecule has 8 heteroatoms. The first-order valence-corrected chi connectivity index (χ1v) is 8.81. The van der Waals surface area contributed by atoms with Gasteiger partial charge in [0.05, 0.1) is 13.0 Å². The lowest BCUT2D eigenvalue weighted by molar-refractivity contribution is 0.636. The number of rotatable bonds is 1. The van der Waals surface area contributed by atoms with Crippen molar-refractivity contribution in [1.82, 2.24) is 9.97 Å². The lowest BCUT2D eigenvalue weighted by atomic mass is 10.2. The molecule has 0 saturated heterocycles. The summed E-state index contributed by atoms with van der Waals surface area (Å²) in [5.74, 6) is -0.0486. The van der Waals surface area contributed by atoms with Gasteiger partial charge < -0.3 is 0 Å². The molecule has 3 aromatic rings. The molecule has 0 bridgehead atoms. The SMILES string of the molecule is Fc1ccc(Br)c2c(Cl)nc(-c3cc(Br)sc3Br)nc12. The van der Waals surface area contributed by atoms with E-state index in [0.717, 1.165) is 13.1 Å². The van der Waals surface area contributed by atoms with E-state index in [0.29, 0.717) is 15.7 Å². The third-order valence-electron chi connectivity index (χ3n) is 2.60. The number of hydrogen-bond donors (Lipinski definition) is 0. The summed E-state index contributed by atoms with van der Waals surface area (Å²) in [4.78, 5) is 8.56. The van der Waals surface area contributed by atoms with Gasteiger partial charge in [0.2, 0.25) is 0 Å². The highest BCUT2D eigenvalue weighted by atomic mass is 79.9. The summed E-state index contributed by atoms with van der Waals surface area (Å²) in [6.45, 7) is 0. The number of hydrogen-bond acceptors (Lipinski definition) is 3. The van der Waals surface area contributed by atoms with Crippen LogP contribution in [0.25, 0.3) is 22.3 Å². The van der Waals surface area contributed by atoms with Crippen LogP contribution < -0.4 is 0 Å². The molecule has 0 amide bonds. The average Bonchev–Trinajstić information content (AvgIpc) is 2.72. The molecule has 20 heavy (non-hydrogen) atoms. The van der Waals surface area contributed by atoms with Crippen molar-refractivity contribution in [1.29, 1.82) is 0 Å². The van der Waals surface area contributed by atoms with E-state index in [1.807, 2.05) is 6.07 Å². The summed E-state index contributed by atoms with van der Waals surface area (Å²) < 4.78 is 16.4. The van der Waals surface area contributed by atoms with E-state index in [4.69, 9.17) is 11.6 Å². The summed E-state index contributed by atoms with van der Waals surface area (Å²) in [7, 11) is 0. The molecule has 0 saturated carbocycles. The van der Waals surface area contributed by atoms with Crippen molar-refractivity contribution in [2.24, 2.45) is 0 Å². The topological polar surface area (TPSA) is 25.8 Å². The van der Waals surface area contributed by atoms with Crippen molar-refractivity contribution in [2.45, 2.75) is 0 Å². The molecule has 2 aromatic heterocycles. The Labute approximate surface area is 147 Å². The number of nitrogens with zero attached hydrogens (tertiary/aromatic N) is 2. The highest BCUT2D eigenvalue weighted by Crippen LogP contribution is 2.39.